The number of rotatable bonds is 4. The number of nitrogens with zero attached hydrogens (tertiary/aromatic N) is 5. The Hall–Kier alpha value is -2.04. The van der Waals surface area contributed by atoms with Crippen LogP contribution in [-0.4, -0.2) is 72.8 Å². The number of carbonyl (C=O) groups excluding carboxylic acids is 1. The van der Waals surface area contributed by atoms with Crippen LogP contribution in [0.15, 0.2) is 40.2 Å². The summed E-state index contributed by atoms with van der Waals surface area (Å²) in [6.45, 7) is 3.50. The smallest absolute Gasteiger partial charge is 0.252 e. The number of carbonyl (C=O) groups is 1. The molecule has 150 valence electrons. The quantitative estimate of drug-likeness (QED) is 0.739. The van der Waals surface area contributed by atoms with Crippen LogP contribution in [0.2, 0.25) is 0 Å². The Morgan fingerprint density at radius 3 is 2.29 bits per heavy atom. The van der Waals surface area contributed by atoms with Gasteiger partial charge in [-0.25, -0.2) is 18.4 Å². The number of amides is 1. The van der Waals surface area contributed by atoms with Crippen LogP contribution in [0.1, 0.15) is 12.8 Å². The molecule has 2 aliphatic heterocycles. The van der Waals surface area contributed by atoms with Gasteiger partial charge in [0.25, 0.3) is 10.0 Å². The zero-order valence-corrected chi connectivity index (χ0v) is 17.1. The van der Waals surface area contributed by atoms with E-state index in [-0.39, 0.29) is 11.8 Å². The molecule has 0 bridgehead atoms. The molecule has 0 atom stereocenters. The standard InChI is InChI=1S/C18H23N5O3S2/c24-17(21-10-12-22(13-11-21)18-19-6-2-7-20-18)15-4-8-23(9-5-15)28(25,26)16-3-1-14-27-16/h1-3,6-7,14-15H,4-5,8-13H2. The fourth-order valence-corrected chi connectivity index (χ4v) is 6.33. The predicted molar refractivity (Wildman–Crippen MR) is 107 cm³/mol. The molecule has 0 N–H and O–H groups in total. The third-order valence-electron chi connectivity index (χ3n) is 5.32. The summed E-state index contributed by atoms with van der Waals surface area (Å²) in [5.41, 5.74) is 0. The second-order valence-electron chi connectivity index (χ2n) is 6.97. The first-order chi connectivity index (χ1) is 13.6. The Bertz CT molecular complexity index is 889. The molecule has 1 amide bonds. The van der Waals surface area contributed by atoms with Crippen molar-refractivity contribution in [3.63, 3.8) is 0 Å². The Balaban J connectivity index is 1.30. The van der Waals surface area contributed by atoms with Gasteiger partial charge in [-0.05, 0) is 30.4 Å². The summed E-state index contributed by atoms with van der Waals surface area (Å²) >= 11 is 1.23. The summed E-state index contributed by atoms with van der Waals surface area (Å²) in [5.74, 6) is 0.734. The van der Waals surface area contributed by atoms with Crippen LogP contribution in [0.4, 0.5) is 5.95 Å². The van der Waals surface area contributed by atoms with Crippen LogP contribution in [-0.2, 0) is 14.8 Å². The van der Waals surface area contributed by atoms with Gasteiger partial charge in [-0.15, -0.1) is 11.3 Å². The van der Waals surface area contributed by atoms with Gasteiger partial charge in [0.15, 0.2) is 0 Å². The summed E-state index contributed by atoms with van der Waals surface area (Å²) in [7, 11) is -3.42. The lowest BCUT2D eigenvalue weighted by molar-refractivity contribution is -0.137. The Morgan fingerprint density at radius 2 is 1.68 bits per heavy atom. The lowest BCUT2D eigenvalue weighted by atomic mass is 9.96. The van der Waals surface area contributed by atoms with E-state index in [4.69, 9.17) is 0 Å². The summed E-state index contributed by atoms with van der Waals surface area (Å²) < 4.78 is 27.1. The van der Waals surface area contributed by atoms with Gasteiger partial charge in [0.1, 0.15) is 4.21 Å². The Labute approximate surface area is 168 Å². The highest BCUT2D eigenvalue weighted by Gasteiger charge is 2.35. The van der Waals surface area contributed by atoms with E-state index < -0.39 is 10.0 Å². The zero-order chi connectivity index (χ0) is 19.6. The van der Waals surface area contributed by atoms with Crippen molar-refractivity contribution in [1.29, 1.82) is 0 Å². The first-order valence-electron chi connectivity index (χ1n) is 9.40. The summed E-state index contributed by atoms with van der Waals surface area (Å²) in [5, 5.41) is 1.77. The highest BCUT2D eigenvalue weighted by atomic mass is 32.2. The summed E-state index contributed by atoms with van der Waals surface area (Å²) in [6.07, 6.45) is 4.59. The van der Waals surface area contributed by atoms with Crippen molar-refractivity contribution in [3.8, 4) is 0 Å². The SMILES string of the molecule is O=C(C1CCN(S(=O)(=O)c2cccs2)CC1)N1CCN(c2ncccn2)CC1. The van der Waals surface area contributed by atoms with Crippen LogP contribution in [0.25, 0.3) is 0 Å². The molecule has 2 saturated heterocycles. The fraction of sp³-hybridized carbons (Fsp3) is 0.500. The minimum atomic E-state index is -3.42. The van der Waals surface area contributed by atoms with E-state index in [2.05, 4.69) is 14.9 Å². The van der Waals surface area contributed by atoms with E-state index in [1.807, 2.05) is 4.90 Å². The van der Waals surface area contributed by atoms with Crippen molar-refractivity contribution < 1.29 is 13.2 Å². The van der Waals surface area contributed by atoms with Gasteiger partial charge in [-0.1, -0.05) is 6.07 Å². The molecular formula is C18H23N5O3S2. The maximum absolute atomic E-state index is 12.9. The van der Waals surface area contributed by atoms with E-state index in [0.717, 1.165) is 0 Å². The number of piperidine rings is 1. The van der Waals surface area contributed by atoms with Gasteiger partial charge in [0.05, 0.1) is 0 Å². The maximum atomic E-state index is 12.9. The van der Waals surface area contributed by atoms with E-state index in [1.165, 1.54) is 15.6 Å². The monoisotopic (exact) mass is 421 g/mol. The predicted octanol–water partition coefficient (Wildman–Crippen LogP) is 1.29. The van der Waals surface area contributed by atoms with Gasteiger partial charge in [0.2, 0.25) is 11.9 Å². The minimum Gasteiger partial charge on any atom is -0.339 e. The van der Waals surface area contributed by atoms with E-state index in [1.54, 1.807) is 36.0 Å². The molecule has 0 unspecified atom stereocenters. The molecule has 4 heterocycles. The molecule has 10 heteroatoms. The van der Waals surface area contributed by atoms with Gasteiger partial charge in [-0.2, -0.15) is 4.31 Å². The largest absolute Gasteiger partial charge is 0.339 e. The second-order valence-corrected chi connectivity index (χ2v) is 10.1. The van der Waals surface area contributed by atoms with Crippen molar-refractivity contribution in [1.82, 2.24) is 19.2 Å². The average molecular weight is 422 g/mol. The lowest BCUT2D eigenvalue weighted by Gasteiger charge is -2.38. The fourth-order valence-electron chi connectivity index (χ4n) is 3.72. The van der Waals surface area contributed by atoms with Crippen LogP contribution >= 0.6 is 11.3 Å². The number of thiophene rings is 1. The summed E-state index contributed by atoms with van der Waals surface area (Å²) in [4.78, 5) is 25.4. The molecule has 2 aliphatic rings. The van der Waals surface area contributed by atoms with E-state index in [0.29, 0.717) is 62.3 Å². The van der Waals surface area contributed by atoms with Crippen molar-refractivity contribution in [2.24, 2.45) is 5.92 Å². The van der Waals surface area contributed by atoms with E-state index in [9.17, 15) is 13.2 Å². The topological polar surface area (TPSA) is 86.7 Å². The number of hydrogen-bond acceptors (Lipinski definition) is 7. The molecule has 0 saturated carbocycles. The highest BCUT2D eigenvalue weighted by Crippen LogP contribution is 2.27. The molecule has 2 fully saturated rings. The van der Waals surface area contributed by atoms with E-state index >= 15 is 0 Å². The number of anilines is 1. The maximum Gasteiger partial charge on any atom is 0.252 e. The van der Waals surface area contributed by atoms with Crippen LogP contribution in [0, 0.1) is 5.92 Å². The molecule has 4 rings (SSSR count). The highest BCUT2D eigenvalue weighted by molar-refractivity contribution is 7.91. The third-order valence-corrected chi connectivity index (χ3v) is 8.59. The number of hydrogen-bond donors (Lipinski definition) is 0. The minimum absolute atomic E-state index is 0.102. The first-order valence-corrected chi connectivity index (χ1v) is 11.7. The van der Waals surface area contributed by atoms with Crippen LogP contribution in [0.3, 0.4) is 0 Å². The van der Waals surface area contributed by atoms with Gasteiger partial charge >= 0.3 is 0 Å². The van der Waals surface area contributed by atoms with Crippen molar-refractivity contribution in [3.05, 3.63) is 36.0 Å². The molecule has 2 aromatic heterocycles. The Kier molecular flexibility index (Phi) is 5.61. The van der Waals surface area contributed by atoms with Crippen molar-refractivity contribution in [2.45, 2.75) is 17.1 Å². The molecule has 8 nitrogen and oxygen atoms in total. The molecule has 0 aromatic carbocycles. The number of sulfonamides is 1. The third kappa shape index (κ3) is 3.89. The number of aromatic nitrogens is 2. The normalized spacial score (nSPS) is 19.7. The zero-order valence-electron chi connectivity index (χ0n) is 15.5. The van der Waals surface area contributed by atoms with Crippen molar-refractivity contribution >= 4 is 33.2 Å². The second kappa shape index (κ2) is 8.14. The Morgan fingerprint density at radius 1 is 1.00 bits per heavy atom. The lowest BCUT2D eigenvalue weighted by Crippen LogP contribution is -2.52. The molecule has 0 radical (unpaired) electrons. The molecular weight excluding hydrogens is 398 g/mol. The average Bonchev–Trinajstić information content (AvgIpc) is 3.30. The molecule has 2 aromatic rings. The van der Waals surface area contributed by atoms with Crippen molar-refractivity contribution in [2.75, 3.05) is 44.2 Å². The number of piperazine rings is 1. The van der Waals surface area contributed by atoms with Gasteiger partial charge in [-0.3, -0.25) is 4.79 Å². The van der Waals surface area contributed by atoms with Crippen LogP contribution < -0.4 is 4.90 Å². The first kappa shape index (κ1) is 19.3. The summed E-state index contributed by atoms with van der Waals surface area (Å²) in [6, 6.07) is 5.16. The van der Waals surface area contributed by atoms with Crippen LogP contribution in [0.5, 0.6) is 0 Å². The molecule has 0 spiro atoms. The van der Waals surface area contributed by atoms with Gasteiger partial charge < -0.3 is 9.80 Å². The van der Waals surface area contributed by atoms with Gasteiger partial charge in [0, 0.05) is 57.6 Å². The molecule has 0 aliphatic carbocycles. The molecule has 28 heavy (non-hydrogen) atoms.